The summed E-state index contributed by atoms with van der Waals surface area (Å²) in [5.74, 6) is 1.07. The molecule has 1 aromatic heterocycles. The molecule has 2 heterocycles. The number of carbonyl (C=O) groups excluding carboxylic acids is 1. The predicted octanol–water partition coefficient (Wildman–Crippen LogP) is 1.32. The fraction of sp³-hybridized carbons (Fsp3) is 0.312. The van der Waals surface area contributed by atoms with Gasteiger partial charge in [-0.2, -0.15) is 0 Å². The van der Waals surface area contributed by atoms with Crippen molar-refractivity contribution in [1.29, 1.82) is 0 Å². The van der Waals surface area contributed by atoms with Crippen molar-refractivity contribution in [2.75, 3.05) is 18.0 Å². The first kappa shape index (κ1) is 12.9. The maximum absolute atomic E-state index is 12.4. The molecule has 0 fully saturated rings. The molecule has 0 aliphatic carbocycles. The van der Waals surface area contributed by atoms with Crippen LogP contribution in [0.3, 0.4) is 0 Å². The van der Waals surface area contributed by atoms with Crippen LogP contribution in [0.5, 0.6) is 0 Å². The van der Waals surface area contributed by atoms with Crippen LogP contribution in [-0.2, 0) is 17.8 Å². The van der Waals surface area contributed by atoms with E-state index in [4.69, 9.17) is 4.42 Å². The van der Waals surface area contributed by atoms with Crippen LogP contribution in [-0.4, -0.2) is 19.0 Å². The quantitative estimate of drug-likeness (QED) is 0.912. The first-order chi connectivity index (χ1) is 9.84. The van der Waals surface area contributed by atoms with Gasteiger partial charge in [0.05, 0.1) is 6.26 Å². The largest absolute Gasteiger partial charge is 0.463 e. The molecule has 4 nitrogen and oxygen atoms in total. The SMILES string of the molecule is O=C(C[NH2+]Cc1ccco1)N1CCCc2ccccc21. The second-order valence-corrected chi connectivity index (χ2v) is 5.05. The Kier molecular flexibility index (Phi) is 3.83. The Hall–Kier alpha value is -2.07. The second kappa shape index (κ2) is 5.92. The van der Waals surface area contributed by atoms with E-state index in [1.165, 1.54) is 5.56 Å². The Morgan fingerprint density at radius 1 is 1.25 bits per heavy atom. The number of hydrogen-bond donors (Lipinski definition) is 1. The van der Waals surface area contributed by atoms with Gasteiger partial charge in [0.1, 0.15) is 6.54 Å². The predicted molar refractivity (Wildman–Crippen MR) is 76.3 cm³/mol. The highest BCUT2D eigenvalue weighted by Crippen LogP contribution is 2.26. The van der Waals surface area contributed by atoms with Crippen LogP contribution < -0.4 is 10.2 Å². The fourth-order valence-corrected chi connectivity index (χ4v) is 2.67. The number of nitrogens with zero attached hydrogens (tertiary/aromatic N) is 1. The summed E-state index contributed by atoms with van der Waals surface area (Å²) < 4.78 is 5.26. The van der Waals surface area contributed by atoms with E-state index in [0.717, 1.165) is 30.8 Å². The summed E-state index contributed by atoms with van der Waals surface area (Å²) in [4.78, 5) is 14.3. The van der Waals surface area contributed by atoms with Gasteiger partial charge in [-0.25, -0.2) is 0 Å². The third kappa shape index (κ3) is 2.75. The van der Waals surface area contributed by atoms with E-state index in [9.17, 15) is 4.79 Å². The molecule has 2 aromatic rings. The highest BCUT2D eigenvalue weighted by atomic mass is 16.3. The summed E-state index contributed by atoms with van der Waals surface area (Å²) in [6.07, 6.45) is 3.77. The maximum Gasteiger partial charge on any atom is 0.282 e. The van der Waals surface area contributed by atoms with Gasteiger partial charge in [0, 0.05) is 12.2 Å². The number of furan rings is 1. The van der Waals surface area contributed by atoms with Gasteiger partial charge in [0.2, 0.25) is 0 Å². The minimum absolute atomic E-state index is 0.170. The molecule has 0 unspecified atom stereocenters. The third-order valence-electron chi connectivity index (χ3n) is 3.66. The number of carbonyl (C=O) groups is 1. The fourth-order valence-electron chi connectivity index (χ4n) is 2.67. The van der Waals surface area contributed by atoms with Crippen molar-refractivity contribution in [3.63, 3.8) is 0 Å². The first-order valence-electron chi connectivity index (χ1n) is 7.07. The summed E-state index contributed by atoms with van der Waals surface area (Å²) in [5.41, 5.74) is 2.35. The second-order valence-electron chi connectivity index (χ2n) is 5.05. The first-order valence-corrected chi connectivity index (χ1v) is 7.07. The zero-order valence-corrected chi connectivity index (χ0v) is 11.4. The highest BCUT2D eigenvalue weighted by molar-refractivity contribution is 5.95. The van der Waals surface area contributed by atoms with Gasteiger partial charge in [-0.3, -0.25) is 4.79 Å². The van der Waals surface area contributed by atoms with Crippen LogP contribution in [0.25, 0.3) is 0 Å². The number of para-hydroxylation sites is 1. The zero-order chi connectivity index (χ0) is 13.8. The molecular weight excluding hydrogens is 252 g/mol. The van der Waals surface area contributed by atoms with Gasteiger partial charge in [-0.05, 0) is 36.6 Å². The number of rotatable bonds is 4. The Balaban J connectivity index is 1.60. The van der Waals surface area contributed by atoms with E-state index in [1.54, 1.807) is 6.26 Å². The third-order valence-corrected chi connectivity index (χ3v) is 3.66. The van der Waals surface area contributed by atoms with Crippen molar-refractivity contribution in [2.45, 2.75) is 19.4 Å². The minimum atomic E-state index is 0.170. The molecule has 20 heavy (non-hydrogen) atoms. The normalized spacial score (nSPS) is 14.1. The number of aryl methyl sites for hydroxylation is 1. The summed E-state index contributed by atoms with van der Waals surface area (Å²) in [7, 11) is 0. The summed E-state index contributed by atoms with van der Waals surface area (Å²) >= 11 is 0. The van der Waals surface area contributed by atoms with Crippen molar-refractivity contribution < 1.29 is 14.5 Å². The average Bonchev–Trinajstić information content (AvgIpc) is 3.00. The molecule has 2 N–H and O–H groups in total. The molecule has 1 aromatic carbocycles. The lowest BCUT2D eigenvalue weighted by Gasteiger charge is -2.28. The standard InChI is InChI=1S/C16H18N2O2/c19-16(12-17-11-14-7-4-10-20-14)18-9-3-6-13-5-1-2-8-15(13)18/h1-2,4-5,7-8,10,17H,3,6,9,11-12H2/p+1. The number of amides is 1. The summed E-state index contributed by atoms with van der Waals surface area (Å²) in [6.45, 7) is 1.98. The number of fused-ring (bicyclic) bond motifs is 1. The van der Waals surface area contributed by atoms with E-state index in [1.807, 2.05) is 40.5 Å². The van der Waals surface area contributed by atoms with Crippen molar-refractivity contribution in [1.82, 2.24) is 0 Å². The van der Waals surface area contributed by atoms with E-state index in [2.05, 4.69) is 6.07 Å². The van der Waals surface area contributed by atoms with Crippen molar-refractivity contribution in [3.8, 4) is 0 Å². The topological polar surface area (TPSA) is 50.1 Å². The number of nitrogens with two attached hydrogens (primary N) is 1. The Labute approximate surface area is 118 Å². The van der Waals surface area contributed by atoms with E-state index in [0.29, 0.717) is 13.1 Å². The Morgan fingerprint density at radius 3 is 3.00 bits per heavy atom. The molecule has 0 radical (unpaired) electrons. The average molecular weight is 271 g/mol. The van der Waals surface area contributed by atoms with Gasteiger partial charge >= 0.3 is 0 Å². The molecule has 0 atom stereocenters. The molecular formula is C16H19N2O2+. The van der Waals surface area contributed by atoms with Crippen LogP contribution in [0.2, 0.25) is 0 Å². The van der Waals surface area contributed by atoms with Gasteiger partial charge in [-0.1, -0.05) is 18.2 Å². The minimum Gasteiger partial charge on any atom is -0.463 e. The number of quaternary nitrogens is 1. The molecule has 3 rings (SSSR count). The molecule has 0 spiro atoms. The van der Waals surface area contributed by atoms with Crippen molar-refractivity contribution in [3.05, 3.63) is 54.0 Å². The molecule has 4 heteroatoms. The van der Waals surface area contributed by atoms with Crippen LogP contribution in [0.15, 0.2) is 47.1 Å². The Bertz CT molecular complexity index is 578. The molecule has 104 valence electrons. The molecule has 0 saturated heterocycles. The molecule has 0 saturated carbocycles. The maximum atomic E-state index is 12.4. The van der Waals surface area contributed by atoms with Gasteiger partial charge in [-0.15, -0.1) is 0 Å². The van der Waals surface area contributed by atoms with Crippen molar-refractivity contribution >= 4 is 11.6 Å². The van der Waals surface area contributed by atoms with E-state index < -0.39 is 0 Å². The van der Waals surface area contributed by atoms with Gasteiger partial charge in [0.25, 0.3) is 5.91 Å². The van der Waals surface area contributed by atoms with Crippen LogP contribution >= 0.6 is 0 Å². The van der Waals surface area contributed by atoms with Crippen molar-refractivity contribution in [2.24, 2.45) is 0 Å². The molecule has 0 bridgehead atoms. The molecule has 1 amide bonds. The van der Waals surface area contributed by atoms with Gasteiger partial charge < -0.3 is 14.6 Å². The highest BCUT2D eigenvalue weighted by Gasteiger charge is 2.22. The number of benzene rings is 1. The summed E-state index contributed by atoms with van der Waals surface area (Å²) in [6, 6.07) is 12.0. The Morgan fingerprint density at radius 2 is 2.15 bits per heavy atom. The van der Waals surface area contributed by atoms with Crippen LogP contribution in [0.1, 0.15) is 17.7 Å². The summed E-state index contributed by atoms with van der Waals surface area (Å²) in [5, 5.41) is 1.98. The lowest BCUT2D eigenvalue weighted by Crippen LogP contribution is -2.85. The van der Waals surface area contributed by atoms with Crippen LogP contribution in [0.4, 0.5) is 5.69 Å². The lowest BCUT2D eigenvalue weighted by molar-refractivity contribution is -0.661. The number of anilines is 1. The molecule has 1 aliphatic rings. The zero-order valence-electron chi connectivity index (χ0n) is 11.4. The van der Waals surface area contributed by atoms with Crippen LogP contribution in [0, 0.1) is 0 Å². The lowest BCUT2D eigenvalue weighted by atomic mass is 10.0. The number of hydrogen-bond acceptors (Lipinski definition) is 2. The van der Waals surface area contributed by atoms with E-state index >= 15 is 0 Å². The van der Waals surface area contributed by atoms with E-state index in [-0.39, 0.29) is 5.91 Å². The monoisotopic (exact) mass is 271 g/mol. The molecule has 1 aliphatic heterocycles. The smallest absolute Gasteiger partial charge is 0.282 e. The van der Waals surface area contributed by atoms with Gasteiger partial charge in [0.15, 0.2) is 12.3 Å².